The zero-order valence-electron chi connectivity index (χ0n) is 5.46. The molecule has 0 fully saturated rings. The second-order valence-corrected chi connectivity index (χ2v) is 2.77. The molecular weight excluding hydrogens is 213 g/mol. The van der Waals surface area contributed by atoms with Gasteiger partial charge in [0.15, 0.2) is 0 Å². The molecule has 1 rings (SSSR count). The van der Waals surface area contributed by atoms with Crippen molar-refractivity contribution in [2.75, 3.05) is 0 Å². The number of hydrogen-bond donors (Lipinski definition) is 1. The van der Waals surface area contributed by atoms with Gasteiger partial charge in [-0.3, -0.25) is 0 Å². The maximum absolute atomic E-state index is 12.6. The van der Waals surface area contributed by atoms with Crippen molar-refractivity contribution in [2.24, 2.45) is 5.16 Å². The zero-order valence-corrected chi connectivity index (χ0v) is 7.05. The first-order valence-corrected chi connectivity index (χ1v) is 3.66. The number of rotatable bonds is 1. The summed E-state index contributed by atoms with van der Waals surface area (Å²) in [5.74, 6) is -0.333. The molecule has 58 valence electrons. The van der Waals surface area contributed by atoms with Crippen LogP contribution in [0.2, 0.25) is 0 Å². The van der Waals surface area contributed by atoms with Crippen molar-refractivity contribution < 1.29 is 9.60 Å². The van der Waals surface area contributed by atoms with Crippen molar-refractivity contribution in [3.63, 3.8) is 0 Å². The third-order valence-electron chi connectivity index (χ3n) is 1.15. The van der Waals surface area contributed by atoms with Crippen molar-refractivity contribution in [1.29, 1.82) is 0 Å². The van der Waals surface area contributed by atoms with Gasteiger partial charge in [-0.25, -0.2) is 4.39 Å². The molecule has 0 saturated heterocycles. The number of benzene rings is 1. The monoisotopic (exact) mass is 217 g/mol. The first-order valence-electron chi connectivity index (χ1n) is 2.86. The summed E-state index contributed by atoms with van der Waals surface area (Å²) in [4.78, 5) is 0. The Morgan fingerprint density at radius 3 is 2.82 bits per heavy atom. The Labute approximate surface area is 71.5 Å². The molecule has 0 aliphatic rings. The minimum Gasteiger partial charge on any atom is -0.411 e. The molecule has 4 heteroatoms. The van der Waals surface area contributed by atoms with E-state index in [2.05, 4.69) is 21.1 Å². The second-order valence-electron chi connectivity index (χ2n) is 1.92. The van der Waals surface area contributed by atoms with E-state index in [0.29, 0.717) is 10.0 Å². The van der Waals surface area contributed by atoms with Gasteiger partial charge in [0.05, 0.1) is 10.7 Å². The van der Waals surface area contributed by atoms with E-state index in [4.69, 9.17) is 5.21 Å². The summed E-state index contributed by atoms with van der Waals surface area (Å²) in [6, 6.07) is 4.33. The van der Waals surface area contributed by atoms with Gasteiger partial charge in [-0.05, 0) is 33.6 Å². The lowest BCUT2D eigenvalue weighted by atomic mass is 10.2. The lowest BCUT2D eigenvalue weighted by Gasteiger charge is -1.94. The fourth-order valence-corrected chi connectivity index (χ4v) is 1.06. The molecule has 0 spiro atoms. The summed E-state index contributed by atoms with van der Waals surface area (Å²) in [7, 11) is 0. The highest BCUT2D eigenvalue weighted by atomic mass is 79.9. The highest BCUT2D eigenvalue weighted by molar-refractivity contribution is 9.10. The van der Waals surface area contributed by atoms with Gasteiger partial charge in [-0.2, -0.15) is 0 Å². The summed E-state index contributed by atoms with van der Waals surface area (Å²) in [6.45, 7) is 0. The molecule has 0 saturated carbocycles. The van der Waals surface area contributed by atoms with Crippen LogP contribution in [0.4, 0.5) is 4.39 Å². The lowest BCUT2D eigenvalue weighted by Crippen LogP contribution is -1.83. The van der Waals surface area contributed by atoms with Crippen molar-refractivity contribution in [1.82, 2.24) is 0 Å². The predicted molar refractivity (Wildman–Crippen MR) is 43.5 cm³/mol. The summed E-state index contributed by atoms with van der Waals surface area (Å²) >= 11 is 3.00. The zero-order chi connectivity index (χ0) is 8.27. The Kier molecular flexibility index (Phi) is 2.59. The Morgan fingerprint density at radius 1 is 1.55 bits per heavy atom. The molecule has 1 aromatic rings. The van der Waals surface area contributed by atoms with Gasteiger partial charge in [0.1, 0.15) is 5.82 Å². The number of oxime groups is 1. The van der Waals surface area contributed by atoms with Crippen molar-refractivity contribution >= 4 is 22.1 Å². The standard InChI is InChI=1S/C7H5BrFNO/c8-6-3-5(4-10-11)1-2-7(6)9/h1-4,11H. The van der Waals surface area contributed by atoms with Crippen molar-refractivity contribution in [3.05, 3.63) is 34.1 Å². The molecule has 0 unspecified atom stereocenters. The molecular formula is C7H5BrFNO. The molecule has 1 N–H and O–H groups in total. The first-order chi connectivity index (χ1) is 5.24. The van der Waals surface area contributed by atoms with Crippen LogP contribution < -0.4 is 0 Å². The SMILES string of the molecule is ON=Cc1ccc(F)c(Br)c1. The normalized spacial score (nSPS) is 10.7. The van der Waals surface area contributed by atoms with Crippen LogP contribution in [0.15, 0.2) is 27.8 Å². The van der Waals surface area contributed by atoms with Crippen LogP contribution >= 0.6 is 15.9 Å². The summed E-state index contributed by atoms with van der Waals surface area (Å²) in [5.41, 5.74) is 0.640. The molecule has 0 amide bonds. The van der Waals surface area contributed by atoms with Crippen LogP contribution in [0.1, 0.15) is 5.56 Å². The first kappa shape index (κ1) is 8.20. The predicted octanol–water partition coefficient (Wildman–Crippen LogP) is 2.40. The van der Waals surface area contributed by atoms with E-state index in [1.807, 2.05) is 0 Å². The van der Waals surface area contributed by atoms with Gasteiger partial charge in [0.25, 0.3) is 0 Å². The van der Waals surface area contributed by atoms with E-state index >= 15 is 0 Å². The topological polar surface area (TPSA) is 32.6 Å². The third kappa shape index (κ3) is 2.01. The average Bonchev–Trinajstić information content (AvgIpc) is 1.98. The molecule has 0 bridgehead atoms. The van der Waals surface area contributed by atoms with Crippen LogP contribution in [-0.2, 0) is 0 Å². The summed E-state index contributed by atoms with van der Waals surface area (Å²) < 4.78 is 12.9. The maximum Gasteiger partial charge on any atom is 0.137 e. The van der Waals surface area contributed by atoms with Gasteiger partial charge in [-0.1, -0.05) is 11.2 Å². The van der Waals surface area contributed by atoms with Gasteiger partial charge in [-0.15, -0.1) is 0 Å². The highest BCUT2D eigenvalue weighted by Crippen LogP contribution is 2.15. The molecule has 1 aromatic carbocycles. The van der Waals surface area contributed by atoms with Gasteiger partial charge < -0.3 is 5.21 Å². The fourth-order valence-electron chi connectivity index (χ4n) is 0.659. The molecule has 0 radical (unpaired) electrons. The smallest absolute Gasteiger partial charge is 0.137 e. The van der Waals surface area contributed by atoms with E-state index < -0.39 is 0 Å². The van der Waals surface area contributed by atoms with Gasteiger partial charge >= 0.3 is 0 Å². The van der Waals surface area contributed by atoms with Crippen LogP contribution in [0.5, 0.6) is 0 Å². The highest BCUT2D eigenvalue weighted by Gasteiger charge is 1.97. The second kappa shape index (κ2) is 3.48. The van der Waals surface area contributed by atoms with Crippen molar-refractivity contribution in [2.45, 2.75) is 0 Å². The lowest BCUT2D eigenvalue weighted by molar-refractivity contribution is 0.322. The number of nitrogens with zero attached hydrogens (tertiary/aromatic N) is 1. The van der Waals surface area contributed by atoms with Crippen LogP contribution in [-0.4, -0.2) is 11.4 Å². The molecule has 0 atom stereocenters. The number of halogens is 2. The number of hydrogen-bond acceptors (Lipinski definition) is 2. The largest absolute Gasteiger partial charge is 0.411 e. The molecule has 0 aromatic heterocycles. The summed E-state index contributed by atoms with van der Waals surface area (Å²) in [6.07, 6.45) is 1.23. The molecule has 0 aliphatic heterocycles. The van der Waals surface area contributed by atoms with Crippen molar-refractivity contribution in [3.8, 4) is 0 Å². The minimum atomic E-state index is -0.333. The van der Waals surface area contributed by atoms with Gasteiger partial charge in [0, 0.05) is 0 Å². The Balaban J connectivity index is 3.05. The summed E-state index contributed by atoms with van der Waals surface area (Å²) in [5, 5.41) is 10.9. The fraction of sp³-hybridized carbons (Fsp3) is 0. The molecule has 11 heavy (non-hydrogen) atoms. The molecule has 0 heterocycles. The van der Waals surface area contributed by atoms with Gasteiger partial charge in [0.2, 0.25) is 0 Å². The average molecular weight is 218 g/mol. The van der Waals surface area contributed by atoms with E-state index in [0.717, 1.165) is 0 Å². The van der Waals surface area contributed by atoms with Crippen LogP contribution in [0, 0.1) is 5.82 Å². The van der Waals surface area contributed by atoms with E-state index in [1.54, 1.807) is 0 Å². The quantitative estimate of drug-likeness (QED) is 0.438. The van der Waals surface area contributed by atoms with E-state index in [-0.39, 0.29) is 5.82 Å². The van der Waals surface area contributed by atoms with E-state index in [1.165, 1.54) is 24.4 Å². The van der Waals surface area contributed by atoms with Crippen LogP contribution in [0.25, 0.3) is 0 Å². The maximum atomic E-state index is 12.6. The van der Waals surface area contributed by atoms with E-state index in [9.17, 15) is 4.39 Å². The molecule has 0 aliphatic carbocycles. The Morgan fingerprint density at radius 2 is 2.27 bits per heavy atom. The Bertz CT molecular complexity index is 288. The third-order valence-corrected chi connectivity index (χ3v) is 1.76. The molecule has 2 nitrogen and oxygen atoms in total. The minimum absolute atomic E-state index is 0.333. The van der Waals surface area contributed by atoms with Crippen LogP contribution in [0.3, 0.4) is 0 Å². The Hall–Kier alpha value is -0.900.